The number of nitrogens with two attached hydrogens (primary N) is 1. The third kappa shape index (κ3) is 2.43. The predicted molar refractivity (Wildman–Crippen MR) is 70.4 cm³/mol. The number of esters is 1. The van der Waals surface area contributed by atoms with Gasteiger partial charge in [-0.15, -0.1) is 0 Å². The van der Waals surface area contributed by atoms with Crippen LogP contribution >= 0.6 is 11.3 Å². The molecule has 0 radical (unpaired) electrons. The van der Waals surface area contributed by atoms with Crippen molar-refractivity contribution < 1.29 is 9.53 Å². The van der Waals surface area contributed by atoms with Crippen LogP contribution in [0.1, 0.15) is 0 Å². The van der Waals surface area contributed by atoms with E-state index in [1.807, 2.05) is 12.1 Å². The highest BCUT2D eigenvalue weighted by atomic mass is 32.1. The van der Waals surface area contributed by atoms with Crippen molar-refractivity contribution in [1.29, 1.82) is 0 Å². The molecule has 5 nitrogen and oxygen atoms in total. The van der Waals surface area contributed by atoms with Crippen molar-refractivity contribution in [2.75, 3.05) is 12.8 Å². The molecule has 0 fully saturated rings. The van der Waals surface area contributed by atoms with Crippen LogP contribution in [0.15, 0.2) is 34.4 Å². The zero-order valence-corrected chi connectivity index (χ0v) is 10.6. The first-order valence-electron chi connectivity index (χ1n) is 5.23. The molecule has 1 heterocycles. The average Bonchev–Trinajstić information content (AvgIpc) is 2.72. The summed E-state index contributed by atoms with van der Waals surface area (Å²) in [4.78, 5) is 22.8. The van der Waals surface area contributed by atoms with E-state index >= 15 is 0 Å². The van der Waals surface area contributed by atoms with E-state index in [1.165, 1.54) is 11.7 Å². The number of aromatic nitrogens is 1. The van der Waals surface area contributed by atoms with Crippen molar-refractivity contribution in [1.82, 2.24) is 4.57 Å². The van der Waals surface area contributed by atoms with E-state index in [0.29, 0.717) is 11.4 Å². The number of carbonyl (C=O) groups excluding carboxylic acids is 1. The molecular weight excluding hydrogens is 252 g/mol. The van der Waals surface area contributed by atoms with E-state index in [9.17, 15) is 9.59 Å². The second-order valence-corrected chi connectivity index (χ2v) is 4.49. The van der Waals surface area contributed by atoms with Crippen LogP contribution in [0.4, 0.5) is 5.69 Å². The molecule has 0 aliphatic carbocycles. The van der Waals surface area contributed by atoms with Crippen molar-refractivity contribution in [3.63, 3.8) is 0 Å². The molecule has 0 saturated carbocycles. The van der Waals surface area contributed by atoms with Crippen LogP contribution in [-0.2, 0) is 16.1 Å². The van der Waals surface area contributed by atoms with Crippen LogP contribution in [0.2, 0.25) is 0 Å². The van der Waals surface area contributed by atoms with E-state index in [4.69, 9.17) is 5.73 Å². The Morgan fingerprint density at radius 3 is 2.67 bits per heavy atom. The Morgan fingerprint density at radius 2 is 2.06 bits per heavy atom. The van der Waals surface area contributed by atoms with E-state index < -0.39 is 5.97 Å². The Hall–Kier alpha value is -2.08. The Morgan fingerprint density at radius 1 is 1.39 bits per heavy atom. The first-order chi connectivity index (χ1) is 8.61. The minimum atomic E-state index is -0.452. The van der Waals surface area contributed by atoms with Crippen LogP contribution in [0.25, 0.3) is 11.3 Å². The summed E-state index contributed by atoms with van der Waals surface area (Å²) in [5.41, 5.74) is 7.79. The quantitative estimate of drug-likeness (QED) is 0.670. The molecule has 0 bridgehead atoms. The molecule has 2 N–H and O–H groups in total. The van der Waals surface area contributed by atoms with Gasteiger partial charge in [0.05, 0.1) is 12.8 Å². The number of thiazole rings is 1. The summed E-state index contributed by atoms with van der Waals surface area (Å²) < 4.78 is 5.97. The summed E-state index contributed by atoms with van der Waals surface area (Å²) >= 11 is 1.05. The number of nitrogen functional groups attached to an aromatic ring is 1. The van der Waals surface area contributed by atoms with Crippen LogP contribution in [-0.4, -0.2) is 17.6 Å². The largest absolute Gasteiger partial charge is 0.468 e. The smallest absolute Gasteiger partial charge is 0.325 e. The summed E-state index contributed by atoms with van der Waals surface area (Å²) in [6.07, 6.45) is 0. The molecule has 0 aliphatic rings. The first-order valence-corrected chi connectivity index (χ1v) is 6.11. The third-order valence-electron chi connectivity index (χ3n) is 2.50. The van der Waals surface area contributed by atoms with Gasteiger partial charge >= 0.3 is 10.8 Å². The number of anilines is 1. The van der Waals surface area contributed by atoms with Crippen molar-refractivity contribution in [3.05, 3.63) is 39.3 Å². The average molecular weight is 264 g/mol. The lowest BCUT2D eigenvalue weighted by Gasteiger charge is -2.06. The number of benzene rings is 1. The number of hydrogen-bond donors (Lipinski definition) is 1. The molecule has 1 aromatic heterocycles. The van der Waals surface area contributed by atoms with Crippen LogP contribution in [0, 0.1) is 0 Å². The lowest BCUT2D eigenvalue weighted by molar-refractivity contribution is -0.141. The number of carbonyl (C=O) groups is 1. The molecule has 18 heavy (non-hydrogen) atoms. The lowest BCUT2D eigenvalue weighted by Crippen LogP contribution is -2.21. The highest BCUT2D eigenvalue weighted by molar-refractivity contribution is 7.07. The predicted octanol–water partition coefficient (Wildman–Crippen LogP) is 1.33. The van der Waals surface area contributed by atoms with E-state index in [-0.39, 0.29) is 11.4 Å². The van der Waals surface area contributed by atoms with Gasteiger partial charge in [0, 0.05) is 11.1 Å². The van der Waals surface area contributed by atoms with Gasteiger partial charge in [-0.1, -0.05) is 23.5 Å². The van der Waals surface area contributed by atoms with Crippen LogP contribution in [0.5, 0.6) is 0 Å². The molecule has 0 unspecified atom stereocenters. The van der Waals surface area contributed by atoms with Gasteiger partial charge < -0.3 is 10.5 Å². The summed E-state index contributed by atoms with van der Waals surface area (Å²) in [6.45, 7) is -0.0848. The Balaban J connectivity index is 2.42. The van der Waals surface area contributed by atoms with Crippen molar-refractivity contribution >= 4 is 23.0 Å². The molecule has 0 atom stereocenters. The zero-order chi connectivity index (χ0) is 13.1. The van der Waals surface area contributed by atoms with Gasteiger partial charge in [-0.05, 0) is 17.7 Å². The maximum Gasteiger partial charge on any atom is 0.325 e. The molecular formula is C12H12N2O3S. The standard InChI is InChI=1S/C12H12N2O3S/c1-17-11(15)6-14-10(7-18-12(14)16)8-2-4-9(13)5-3-8/h2-5,7H,6,13H2,1H3. The summed E-state index contributed by atoms with van der Waals surface area (Å²) in [5.74, 6) is -0.452. The number of hydrogen-bond acceptors (Lipinski definition) is 5. The topological polar surface area (TPSA) is 74.3 Å². The fraction of sp³-hybridized carbons (Fsp3) is 0.167. The van der Waals surface area contributed by atoms with Crippen LogP contribution < -0.4 is 10.6 Å². The molecule has 2 rings (SSSR count). The maximum absolute atomic E-state index is 11.7. The van der Waals surface area contributed by atoms with Gasteiger partial charge in [-0.2, -0.15) is 0 Å². The van der Waals surface area contributed by atoms with E-state index in [1.54, 1.807) is 17.5 Å². The Bertz CT molecular complexity index is 613. The molecule has 6 heteroatoms. The van der Waals surface area contributed by atoms with Gasteiger partial charge in [0.2, 0.25) is 0 Å². The highest BCUT2D eigenvalue weighted by Crippen LogP contribution is 2.21. The molecule has 0 saturated heterocycles. The van der Waals surface area contributed by atoms with Gasteiger partial charge in [0.15, 0.2) is 0 Å². The van der Waals surface area contributed by atoms with Crippen LogP contribution in [0.3, 0.4) is 0 Å². The molecule has 2 aromatic rings. The fourth-order valence-corrected chi connectivity index (χ4v) is 2.32. The SMILES string of the molecule is COC(=O)Cn1c(-c2ccc(N)cc2)csc1=O. The number of nitrogens with zero attached hydrogens (tertiary/aromatic N) is 1. The minimum absolute atomic E-state index is 0.0848. The highest BCUT2D eigenvalue weighted by Gasteiger charge is 2.12. The van der Waals surface area contributed by atoms with Crippen molar-refractivity contribution in [2.45, 2.75) is 6.54 Å². The van der Waals surface area contributed by atoms with Crippen molar-refractivity contribution in [2.24, 2.45) is 0 Å². The molecule has 0 spiro atoms. The normalized spacial score (nSPS) is 10.3. The number of methoxy groups -OCH3 is 1. The maximum atomic E-state index is 11.7. The summed E-state index contributed by atoms with van der Waals surface area (Å²) in [6, 6.07) is 7.12. The Labute approximate surface area is 107 Å². The first kappa shape index (κ1) is 12.4. The monoisotopic (exact) mass is 264 g/mol. The Kier molecular flexibility index (Phi) is 3.47. The summed E-state index contributed by atoms with van der Waals surface area (Å²) in [7, 11) is 1.29. The molecule has 0 amide bonds. The van der Waals surface area contributed by atoms with E-state index in [0.717, 1.165) is 16.9 Å². The summed E-state index contributed by atoms with van der Waals surface area (Å²) in [5, 5.41) is 1.72. The minimum Gasteiger partial charge on any atom is -0.468 e. The van der Waals surface area contributed by atoms with Gasteiger partial charge in [-0.3, -0.25) is 14.2 Å². The molecule has 1 aromatic carbocycles. The van der Waals surface area contributed by atoms with Gasteiger partial charge in [0.25, 0.3) is 0 Å². The second-order valence-electron chi connectivity index (χ2n) is 3.67. The van der Waals surface area contributed by atoms with E-state index in [2.05, 4.69) is 4.74 Å². The second kappa shape index (κ2) is 5.05. The van der Waals surface area contributed by atoms with Gasteiger partial charge in [0.1, 0.15) is 6.54 Å². The fourth-order valence-electron chi connectivity index (χ4n) is 1.55. The molecule has 0 aliphatic heterocycles. The lowest BCUT2D eigenvalue weighted by atomic mass is 10.1. The van der Waals surface area contributed by atoms with Crippen molar-refractivity contribution in [3.8, 4) is 11.3 Å². The number of ether oxygens (including phenoxy) is 1. The zero-order valence-electron chi connectivity index (χ0n) is 9.75. The number of rotatable bonds is 3. The van der Waals surface area contributed by atoms with Gasteiger partial charge in [-0.25, -0.2) is 0 Å². The third-order valence-corrected chi connectivity index (χ3v) is 3.27. The molecule has 94 valence electrons.